The van der Waals surface area contributed by atoms with Crippen LogP contribution in [0.2, 0.25) is 0 Å². The summed E-state index contributed by atoms with van der Waals surface area (Å²) in [5.41, 5.74) is -1.46. The van der Waals surface area contributed by atoms with Crippen LogP contribution in [-0.4, -0.2) is 33.2 Å². The molecule has 10 aromatic carbocycles. The molecule has 0 aliphatic carbocycles. The van der Waals surface area contributed by atoms with Crippen molar-refractivity contribution in [2.24, 2.45) is 0 Å². The number of hydrogen-bond acceptors (Lipinski definition) is 5. The predicted octanol–water partition coefficient (Wildman–Crippen LogP) is 16.2. The standard InChI is InChI=1S/C64H36N8S/c65-37-38-32-34-54-47(36-38)44-21-6-8-23-48(44)69(54)55-29-15-30-56(70-49-24-9-5-20-43(49)45-33-35-58-59(61(45)70)46-22-7-14-31-57(46)73-58)60(55)62-66-63(71-50-25-10-1-16-39(50)40-17-2-11-26-51(40)71)68-64(67-62)72-52-27-12-3-18-41(52)42-19-4-13-28-53(42)72/h1-36H/i1D,3D,6D,8D,10D,12D,15D,16D,18D,21D,23D,25D,27D,29D,30D,32D,34D,36D. The van der Waals surface area contributed by atoms with E-state index in [1.54, 1.807) is 65.2 Å². The summed E-state index contributed by atoms with van der Waals surface area (Å²) in [7, 11) is 0. The van der Waals surface area contributed by atoms with Gasteiger partial charge < -0.3 is 9.13 Å². The number of aromatic nitrogens is 7. The minimum absolute atomic E-state index is 0.0618. The molecule has 338 valence electrons. The van der Waals surface area contributed by atoms with Crippen molar-refractivity contribution in [3.05, 3.63) is 224 Å². The number of benzene rings is 10. The van der Waals surface area contributed by atoms with Gasteiger partial charge in [0.15, 0.2) is 5.82 Å². The van der Waals surface area contributed by atoms with Gasteiger partial charge in [-0.2, -0.15) is 20.2 Å². The Kier molecular flexibility index (Phi) is 5.44. The van der Waals surface area contributed by atoms with Gasteiger partial charge in [-0.25, -0.2) is 0 Å². The van der Waals surface area contributed by atoms with Crippen LogP contribution >= 0.6 is 11.3 Å². The third kappa shape index (κ3) is 5.55. The van der Waals surface area contributed by atoms with Gasteiger partial charge >= 0.3 is 0 Å². The van der Waals surface area contributed by atoms with Gasteiger partial charge in [0.05, 0.1) is 97.4 Å². The molecule has 0 amide bonds. The number of para-hydroxylation sites is 6. The van der Waals surface area contributed by atoms with Gasteiger partial charge in [0.2, 0.25) is 11.9 Å². The highest BCUT2D eigenvalue weighted by molar-refractivity contribution is 7.26. The van der Waals surface area contributed by atoms with Crippen LogP contribution in [0.5, 0.6) is 0 Å². The van der Waals surface area contributed by atoms with Crippen LogP contribution in [0.25, 0.3) is 142 Å². The zero-order valence-corrected chi connectivity index (χ0v) is 38.2. The molecule has 8 nitrogen and oxygen atoms in total. The number of fused-ring (bicyclic) bond motifs is 16. The summed E-state index contributed by atoms with van der Waals surface area (Å²) >= 11 is 1.50. The molecule has 16 rings (SSSR count). The summed E-state index contributed by atoms with van der Waals surface area (Å²) in [6.45, 7) is 0. The highest BCUT2D eigenvalue weighted by atomic mass is 32.1. The molecule has 0 unspecified atom stereocenters. The van der Waals surface area contributed by atoms with Crippen molar-refractivity contribution >= 4 is 119 Å². The lowest BCUT2D eigenvalue weighted by atomic mass is 10.1. The van der Waals surface area contributed by atoms with Gasteiger partial charge in [0.25, 0.3) is 0 Å². The van der Waals surface area contributed by atoms with E-state index in [0.717, 1.165) is 19.4 Å². The van der Waals surface area contributed by atoms with E-state index in [-0.39, 0.29) is 54.9 Å². The first-order valence-electron chi connectivity index (χ1n) is 31.9. The lowest BCUT2D eigenvalue weighted by molar-refractivity contribution is 0.891. The van der Waals surface area contributed by atoms with Crippen molar-refractivity contribution in [2.75, 3.05) is 0 Å². The topological polar surface area (TPSA) is 82.2 Å². The summed E-state index contributed by atoms with van der Waals surface area (Å²) in [4.78, 5) is 15.8. The quantitative estimate of drug-likeness (QED) is 0.172. The minimum atomic E-state index is -0.816. The normalized spacial score (nSPS) is 15.5. The maximum absolute atomic E-state index is 10.5. The zero-order valence-electron chi connectivity index (χ0n) is 55.4. The van der Waals surface area contributed by atoms with E-state index in [2.05, 4.69) is 0 Å². The molecule has 16 aromatic rings. The maximum atomic E-state index is 10.5. The Labute approximate surface area is 445 Å². The molecule has 9 heteroatoms. The molecule has 0 atom stereocenters. The molecule has 0 saturated heterocycles. The summed E-state index contributed by atoms with van der Waals surface area (Å²) in [6.07, 6.45) is 0. The molecular formula is C64H36N8S. The van der Waals surface area contributed by atoms with E-state index in [9.17, 15) is 23.1 Å². The maximum Gasteiger partial charge on any atom is 0.240 e. The molecule has 0 fully saturated rings. The molecule has 73 heavy (non-hydrogen) atoms. The second-order valence-corrected chi connectivity index (χ2v) is 18.4. The van der Waals surface area contributed by atoms with Gasteiger partial charge in [0, 0.05) is 63.3 Å². The summed E-state index contributed by atoms with van der Waals surface area (Å²) in [6, 6.07) is 22.4. The van der Waals surface area contributed by atoms with E-state index in [4.69, 9.17) is 21.8 Å². The van der Waals surface area contributed by atoms with Crippen molar-refractivity contribution in [3.8, 4) is 40.7 Å². The van der Waals surface area contributed by atoms with Crippen LogP contribution in [0.1, 0.15) is 30.2 Å². The molecule has 6 aromatic heterocycles. The summed E-state index contributed by atoms with van der Waals surface area (Å²) < 4.78 is 178. The Bertz CT molecular complexity index is 6020. The number of nitrogens with zero attached hydrogens (tertiary/aromatic N) is 8. The first-order valence-corrected chi connectivity index (χ1v) is 23.7. The highest BCUT2D eigenvalue weighted by Crippen LogP contribution is 2.46. The fourth-order valence-electron chi connectivity index (χ4n) is 10.6. The van der Waals surface area contributed by atoms with E-state index in [1.807, 2.05) is 54.6 Å². The van der Waals surface area contributed by atoms with Crippen LogP contribution < -0.4 is 0 Å². The Morgan fingerprint density at radius 2 is 0.904 bits per heavy atom. The van der Waals surface area contributed by atoms with Gasteiger partial charge in [0.1, 0.15) is 0 Å². The first-order chi connectivity index (χ1) is 43.7. The molecule has 0 saturated carbocycles. The van der Waals surface area contributed by atoms with Crippen molar-refractivity contribution in [1.82, 2.24) is 33.2 Å². The van der Waals surface area contributed by atoms with Crippen LogP contribution in [0.15, 0.2) is 218 Å². The van der Waals surface area contributed by atoms with E-state index in [1.165, 1.54) is 20.5 Å². The molecule has 0 aliphatic heterocycles. The SMILES string of the molecule is [2H]c1c([2H])c(-n2c3c([2H])c([2H])c([2H])c([2H])c3c3c([2H])c(C#N)c([2H])c([2H])c32)c(-c2nc(-n3c4ccccc4c4c([2H])c([2H])c([2H])c([2H])c43)nc(-n3c4ccccc4c4c([2H])c([2H])c([2H])c([2H])c43)n2)c(-n2c3ccccc3c3ccc4sc5ccccc5c4c32)c1[2H]. The third-order valence-electron chi connectivity index (χ3n) is 13.6. The molecule has 0 spiro atoms. The average Bonchev–Trinajstić information content (AvgIpc) is 1.55. The number of rotatable bonds is 5. The number of nitriles is 1. The lowest BCUT2D eigenvalue weighted by Gasteiger charge is -2.20. The van der Waals surface area contributed by atoms with Crippen molar-refractivity contribution in [2.45, 2.75) is 0 Å². The third-order valence-corrected chi connectivity index (χ3v) is 14.7. The Morgan fingerprint density at radius 3 is 1.53 bits per heavy atom. The van der Waals surface area contributed by atoms with E-state index in [0.29, 0.717) is 38.0 Å². The number of thiophene rings is 1. The van der Waals surface area contributed by atoms with Crippen LogP contribution in [0, 0.1) is 11.3 Å². The van der Waals surface area contributed by atoms with E-state index >= 15 is 0 Å². The largest absolute Gasteiger partial charge is 0.308 e. The van der Waals surface area contributed by atoms with Gasteiger partial charge in [-0.1, -0.05) is 139 Å². The van der Waals surface area contributed by atoms with E-state index < -0.39 is 149 Å². The molecular weight excluding hydrogens is 913 g/mol. The van der Waals surface area contributed by atoms with Gasteiger partial charge in [-0.15, -0.1) is 11.3 Å². The van der Waals surface area contributed by atoms with Crippen molar-refractivity contribution < 1.29 is 24.7 Å². The second kappa shape index (κ2) is 15.1. The van der Waals surface area contributed by atoms with Crippen LogP contribution in [0.4, 0.5) is 0 Å². The molecule has 0 bridgehead atoms. The summed E-state index contributed by atoms with van der Waals surface area (Å²) in [5, 5.41) is 13.4. The predicted molar refractivity (Wildman–Crippen MR) is 300 cm³/mol. The Hall–Kier alpha value is -9.88. The Balaban J connectivity index is 1.22. The van der Waals surface area contributed by atoms with Gasteiger partial charge in [-0.3, -0.25) is 9.13 Å². The van der Waals surface area contributed by atoms with Crippen LogP contribution in [-0.2, 0) is 0 Å². The summed E-state index contributed by atoms with van der Waals surface area (Å²) in [5.74, 6) is -1.30. The smallest absolute Gasteiger partial charge is 0.240 e. The molecule has 6 heterocycles. The highest BCUT2D eigenvalue weighted by Gasteiger charge is 2.28. The second-order valence-electron chi connectivity index (χ2n) is 17.3. The zero-order chi connectivity index (χ0) is 63.6. The van der Waals surface area contributed by atoms with Crippen molar-refractivity contribution in [3.63, 3.8) is 0 Å². The average molecular weight is 967 g/mol. The first kappa shape index (κ1) is 26.4. The monoisotopic (exact) mass is 966 g/mol. The molecule has 0 aliphatic rings. The minimum Gasteiger partial charge on any atom is -0.308 e. The lowest BCUT2D eigenvalue weighted by Crippen LogP contribution is -2.12. The van der Waals surface area contributed by atoms with Gasteiger partial charge in [-0.05, 0) is 78.7 Å². The Morgan fingerprint density at radius 1 is 0.397 bits per heavy atom. The van der Waals surface area contributed by atoms with Crippen LogP contribution in [0.3, 0.4) is 0 Å². The number of hydrogen-bond donors (Lipinski definition) is 0. The fourth-order valence-corrected chi connectivity index (χ4v) is 11.8. The van der Waals surface area contributed by atoms with Crippen molar-refractivity contribution in [1.29, 1.82) is 5.26 Å². The fraction of sp³-hybridized carbons (Fsp3) is 0. The molecule has 0 radical (unpaired) electrons. The molecule has 0 N–H and O–H groups in total.